The van der Waals surface area contributed by atoms with Crippen LogP contribution in [0.1, 0.15) is 48.1 Å². The molecule has 1 aromatic rings. The average Bonchev–Trinajstić information content (AvgIpc) is 2.75. The van der Waals surface area contributed by atoms with Crippen molar-refractivity contribution < 1.29 is 14.7 Å². The highest BCUT2D eigenvalue weighted by Crippen LogP contribution is 2.37. The molecular formula is C14H16N2O3S. The fourth-order valence-electron chi connectivity index (χ4n) is 2.36. The van der Waals surface area contributed by atoms with Gasteiger partial charge in [0.1, 0.15) is 11.1 Å². The van der Waals surface area contributed by atoms with Crippen LogP contribution in [-0.4, -0.2) is 17.0 Å². The quantitative estimate of drug-likeness (QED) is 0.873. The number of anilines is 1. The van der Waals surface area contributed by atoms with Crippen LogP contribution >= 0.6 is 11.3 Å². The summed E-state index contributed by atoms with van der Waals surface area (Å²) >= 11 is 1.48. The molecule has 0 spiro atoms. The molecule has 106 valence electrons. The second-order valence-corrected chi connectivity index (χ2v) is 5.93. The molecule has 0 fully saturated rings. The van der Waals surface area contributed by atoms with Crippen molar-refractivity contribution in [1.82, 2.24) is 0 Å². The van der Waals surface area contributed by atoms with Crippen molar-refractivity contribution >= 4 is 28.2 Å². The number of aryl methyl sites for hydroxylation is 1. The summed E-state index contributed by atoms with van der Waals surface area (Å²) in [5, 5.41) is 21.2. The highest BCUT2D eigenvalue weighted by molar-refractivity contribution is 7.16. The number of carboxylic acid groups (broad SMARTS) is 1. The van der Waals surface area contributed by atoms with Crippen LogP contribution in [0.15, 0.2) is 0 Å². The SMILES string of the molecule is N#Cc1c(NC(=O)CCCC(=O)O)sc2c1CCCC2. The van der Waals surface area contributed by atoms with Gasteiger partial charge in [-0.15, -0.1) is 11.3 Å². The van der Waals surface area contributed by atoms with E-state index in [4.69, 9.17) is 5.11 Å². The summed E-state index contributed by atoms with van der Waals surface area (Å²) in [6, 6.07) is 2.18. The summed E-state index contributed by atoms with van der Waals surface area (Å²) in [5.41, 5.74) is 1.68. The zero-order valence-corrected chi connectivity index (χ0v) is 11.9. The number of nitriles is 1. The lowest BCUT2D eigenvalue weighted by atomic mass is 9.96. The van der Waals surface area contributed by atoms with Gasteiger partial charge < -0.3 is 10.4 Å². The third-order valence-electron chi connectivity index (χ3n) is 3.33. The molecule has 0 radical (unpaired) electrons. The minimum Gasteiger partial charge on any atom is -0.481 e. The topological polar surface area (TPSA) is 90.2 Å². The molecule has 0 aromatic carbocycles. The van der Waals surface area contributed by atoms with Gasteiger partial charge >= 0.3 is 5.97 Å². The number of carboxylic acids is 1. The summed E-state index contributed by atoms with van der Waals surface area (Å²) < 4.78 is 0. The van der Waals surface area contributed by atoms with E-state index < -0.39 is 5.97 Å². The Hall–Kier alpha value is -1.87. The van der Waals surface area contributed by atoms with Crippen LogP contribution in [0, 0.1) is 11.3 Å². The van der Waals surface area contributed by atoms with Crippen LogP contribution in [0.5, 0.6) is 0 Å². The zero-order chi connectivity index (χ0) is 14.5. The highest BCUT2D eigenvalue weighted by atomic mass is 32.1. The number of fused-ring (bicyclic) bond motifs is 1. The normalized spacial score (nSPS) is 13.3. The number of hydrogen-bond donors (Lipinski definition) is 2. The van der Waals surface area contributed by atoms with E-state index in [-0.39, 0.29) is 18.7 Å². The number of hydrogen-bond acceptors (Lipinski definition) is 4. The Balaban J connectivity index is 2.02. The highest BCUT2D eigenvalue weighted by Gasteiger charge is 2.21. The molecule has 2 N–H and O–H groups in total. The first-order valence-electron chi connectivity index (χ1n) is 6.68. The van der Waals surface area contributed by atoms with Gasteiger partial charge in [0.2, 0.25) is 5.91 Å². The number of rotatable bonds is 5. The zero-order valence-electron chi connectivity index (χ0n) is 11.1. The molecule has 0 unspecified atom stereocenters. The molecule has 1 aliphatic rings. The van der Waals surface area contributed by atoms with Gasteiger partial charge in [0.05, 0.1) is 5.56 Å². The Labute approximate surface area is 121 Å². The Morgan fingerprint density at radius 1 is 1.30 bits per heavy atom. The minimum absolute atomic E-state index is 0.0144. The Morgan fingerprint density at radius 3 is 2.75 bits per heavy atom. The predicted octanol–water partition coefficient (Wildman–Crippen LogP) is 2.69. The van der Waals surface area contributed by atoms with Gasteiger partial charge in [-0.2, -0.15) is 5.26 Å². The van der Waals surface area contributed by atoms with Crippen molar-refractivity contribution in [3.05, 3.63) is 16.0 Å². The van der Waals surface area contributed by atoms with Crippen LogP contribution in [0.25, 0.3) is 0 Å². The maximum atomic E-state index is 11.8. The number of nitrogens with zero attached hydrogens (tertiary/aromatic N) is 1. The Bertz CT molecular complexity index is 572. The predicted molar refractivity (Wildman–Crippen MR) is 75.8 cm³/mol. The molecule has 0 bridgehead atoms. The van der Waals surface area contributed by atoms with Crippen molar-refractivity contribution in [3.63, 3.8) is 0 Å². The summed E-state index contributed by atoms with van der Waals surface area (Å²) in [5.74, 6) is -1.12. The van der Waals surface area contributed by atoms with Crippen molar-refractivity contribution in [3.8, 4) is 6.07 Å². The van der Waals surface area contributed by atoms with E-state index in [2.05, 4.69) is 11.4 Å². The maximum absolute atomic E-state index is 11.8. The minimum atomic E-state index is -0.901. The van der Waals surface area contributed by atoms with Crippen LogP contribution < -0.4 is 5.32 Å². The number of aliphatic carboxylic acids is 1. The van der Waals surface area contributed by atoms with Gasteiger partial charge in [-0.05, 0) is 37.7 Å². The van der Waals surface area contributed by atoms with Gasteiger partial charge in [0.25, 0.3) is 0 Å². The van der Waals surface area contributed by atoms with E-state index in [1.54, 1.807) is 0 Å². The van der Waals surface area contributed by atoms with Crippen LogP contribution in [-0.2, 0) is 22.4 Å². The van der Waals surface area contributed by atoms with Gasteiger partial charge in [-0.25, -0.2) is 0 Å². The fourth-order valence-corrected chi connectivity index (χ4v) is 3.62. The van der Waals surface area contributed by atoms with Crippen LogP contribution in [0.2, 0.25) is 0 Å². The summed E-state index contributed by atoms with van der Waals surface area (Å²) in [7, 11) is 0. The number of nitrogens with one attached hydrogen (secondary N) is 1. The molecule has 0 atom stereocenters. The third kappa shape index (κ3) is 3.36. The van der Waals surface area contributed by atoms with Crippen molar-refractivity contribution in [2.45, 2.75) is 44.9 Å². The molecule has 1 aliphatic carbocycles. The van der Waals surface area contributed by atoms with E-state index in [1.807, 2.05) is 0 Å². The lowest BCUT2D eigenvalue weighted by Crippen LogP contribution is -2.11. The van der Waals surface area contributed by atoms with Gasteiger partial charge in [-0.1, -0.05) is 0 Å². The average molecular weight is 292 g/mol. The summed E-state index contributed by atoms with van der Waals surface area (Å²) in [4.78, 5) is 23.4. The Morgan fingerprint density at radius 2 is 2.05 bits per heavy atom. The van der Waals surface area contributed by atoms with Crippen LogP contribution in [0.4, 0.5) is 5.00 Å². The number of amides is 1. The van der Waals surface area contributed by atoms with Gasteiger partial charge in [0, 0.05) is 17.7 Å². The smallest absolute Gasteiger partial charge is 0.303 e. The summed E-state index contributed by atoms with van der Waals surface area (Å²) in [6.07, 6.45) is 4.56. The molecule has 1 aromatic heterocycles. The van der Waals surface area contributed by atoms with Crippen molar-refractivity contribution in [2.24, 2.45) is 0 Å². The van der Waals surface area contributed by atoms with E-state index >= 15 is 0 Å². The van der Waals surface area contributed by atoms with Crippen molar-refractivity contribution in [2.75, 3.05) is 5.32 Å². The first-order valence-corrected chi connectivity index (χ1v) is 7.49. The second-order valence-electron chi connectivity index (χ2n) is 4.82. The lowest BCUT2D eigenvalue weighted by Gasteiger charge is -2.09. The molecule has 0 saturated carbocycles. The Kier molecular flexibility index (Phi) is 4.74. The van der Waals surface area contributed by atoms with Crippen molar-refractivity contribution in [1.29, 1.82) is 5.26 Å². The standard InChI is InChI=1S/C14H16N2O3S/c15-8-10-9-4-1-2-5-11(9)20-14(10)16-12(17)6-3-7-13(18)19/h1-7H2,(H,16,17)(H,18,19). The molecule has 1 amide bonds. The number of carbonyl (C=O) groups excluding carboxylic acids is 1. The molecule has 0 saturated heterocycles. The molecule has 2 rings (SSSR count). The molecule has 5 nitrogen and oxygen atoms in total. The van der Waals surface area contributed by atoms with Gasteiger partial charge in [0.15, 0.2) is 0 Å². The van der Waals surface area contributed by atoms with E-state index in [0.29, 0.717) is 17.0 Å². The lowest BCUT2D eigenvalue weighted by molar-refractivity contribution is -0.137. The molecule has 20 heavy (non-hydrogen) atoms. The van der Waals surface area contributed by atoms with E-state index in [0.717, 1.165) is 31.2 Å². The molecular weight excluding hydrogens is 276 g/mol. The third-order valence-corrected chi connectivity index (χ3v) is 4.54. The van der Waals surface area contributed by atoms with Gasteiger partial charge in [-0.3, -0.25) is 9.59 Å². The second kappa shape index (κ2) is 6.53. The number of carbonyl (C=O) groups is 2. The largest absolute Gasteiger partial charge is 0.481 e. The monoisotopic (exact) mass is 292 g/mol. The molecule has 6 heteroatoms. The fraction of sp³-hybridized carbons (Fsp3) is 0.500. The van der Waals surface area contributed by atoms with E-state index in [1.165, 1.54) is 16.2 Å². The maximum Gasteiger partial charge on any atom is 0.303 e. The number of thiophene rings is 1. The first-order chi connectivity index (χ1) is 9.61. The first kappa shape index (κ1) is 14.5. The summed E-state index contributed by atoms with van der Waals surface area (Å²) in [6.45, 7) is 0. The van der Waals surface area contributed by atoms with Crippen LogP contribution in [0.3, 0.4) is 0 Å². The molecule has 0 aliphatic heterocycles. The molecule has 1 heterocycles. The van der Waals surface area contributed by atoms with E-state index in [9.17, 15) is 14.9 Å².